The second-order valence-corrected chi connectivity index (χ2v) is 5.24. The second-order valence-electron chi connectivity index (χ2n) is 5.24. The minimum atomic E-state index is 0.558. The molecule has 5 heteroatoms. The van der Waals surface area contributed by atoms with Crippen molar-refractivity contribution in [2.24, 2.45) is 0 Å². The Kier molecular flexibility index (Phi) is 4.58. The van der Waals surface area contributed by atoms with Gasteiger partial charge in [-0.1, -0.05) is 0 Å². The molecule has 0 amide bonds. The number of rotatable bonds is 4. The highest BCUT2D eigenvalue weighted by Gasteiger charge is 2.25. The minimum Gasteiger partial charge on any atom is -0.481 e. The number of hydrogen-bond donors (Lipinski definition) is 1. The summed E-state index contributed by atoms with van der Waals surface area (Å²) in [6.07, 6.45) is 6.44. The van der Waals surface area contributed by atoms with Crippen molar-refractivity contribution in [3.8, 4) is 5.88 Å². The minimum absolute atomic E-state index is 0.558. The Labute approximate surface area is 115 Å². The zero-order valence-electron chi connectivity index (χ0n) is 12.3. The quantitative estimate of drug-likeness (QED) is 0.898. The van der Waals surface area contributed by atoms with Crippen LogP contribution in [0.25, 0.3) is 0 Å². The number of nitrogens with zero attached hydrogens (tertiary/aromatic N) is 3. The fraction of sp³-hybridized carbons (Fsp3) is 0.714. The number of anilines is 1. The number of methoxy groups -OCH3 is 1. The van der Waals surface area contributed by atoms with Crippen LogP contribution in [0.4, 0.5) is 5.82 Å². The molecular weight excluding hydrogens is 240 g/mol. The van der Waals surface area contributed by atoms with E-state index in [9.17, 15) is 0 Å². The summed E-state index contributed by atoms with van der Waals surface area (Å²) >= 11 is 0. The fourth-order valence-electron chi connectivity index (χ4n) is 2.91. The number of hydrogen-bond acceptors (Lipinski definition) is 5. The van der Waals surface area contributed by atoms with E-state index in [-0.39, 0.29) is 0 Å². The van der Waals surface area contributed by atoms with Crippen LogP contribution in [0.15, 0.2) is 6.33 Å². The summed E-state index contributed by atoms with van der Waals surface area (Å²) in [5.41, 5.74) is 1.02. The largest absolute Gasteiger partial charge is 0.481 e. The van der Waals surface area contributed by atoms with Crippen LogP contribution < -0.4 is 15.0 Å². The third-order valence-electron chi connectivity index (χ3n) is 4.19. The maximum atomic E-state index is 5.27. The Morgan fingerprint density at radius 2 is 1.95 bits per heavy atom. The first kappa shape index (κ1) is 14.1. The molecule has 0 radical (unpaired) electrons. The maximum Gasteiger partial charge on any atom is 0.221 e. The summed E-state index contributed by atoms with van der Waals surface area (Å²) in [6.45, 7) is 2.02. The number of ether oxygens (including phenoxy) is 1. The molecule has 1 heterocycles. The van der Waals surface area contributed by atoms with Gasteiger partial charge in [0.15, 0.2) is 0 Å². The van der Waals surface area contributed by atoms with Crippen molar-refractivity contribution in [3.63, 3.8) is 0 Å². The lowest BCUT2D eigenvalue weighted by atomic mass is 9.90. The Morgan fingerprint density at radius 1 is 1.26 bits per heavy atom. The molecule has 0 saturated heterocycles. The van der Waals surface area contributed by atoms with Gasteiger partial charge in [0.1, 0.15) is 12.1 Å². The summed E-state index contributed by atoms with van der Waals surface area (Å²) in [7, 11) is 5.82. The predicted molar refractivity (Wildman–Crippen MR) is 76.8 cm³/mol. The highest BCUT2D eigenvalue weighted by atomic mass is 16.5. The summed E-state index contributed by atoms with van der Waals surface area (Å²) in [4.78, 5) is 10.8. The molecule has 2 rings (SSSR count). The number of aromatic nitrogens is 2. The molecule has 0 aliphatic heterocycles. The lowest BCUT2D eigenvalue weighted by molar-refractivity contribution is 0.349. The molecule has 1 aromatic heterocycles. The lowest BCUT2D eigenvalue weighted by Crippen LogP contribution is -2.40. The van der Waals surface area contributed by atoms with E-state index in [4.69, 9.17) is 4.74 Å². The van der Waals surface area contributed by atoms with E-state index in [1.807, 2.05) is 14.0 Å². The number of nitrogens with one attached hydrogen (secondary N) is 1. The molecule has 1 aliphatic rings. The Balaban J connectivity index is 2.10. The Bertz CT molecular complexity index is 416. The molecule has 0 spiro atoms. The van der Waals surface area contributed by atoms with Crippen LogP contribution in [0, 0.1) is 6.92 Å². The van der Waals surface area contributed by atoms with Gasteiger partial charge < -0.3 is 15.0 Å². The van der Waals surface area contributed by atoms with Gasteiger partial charge in [-0.25, -0.2) is 9.97 Å². The zero-order chi connectivity index (χ0) is 13.8. The molecule has 0 unspecified atom stereocenters. The third kappa shape index (κ3) is 2.97. The van der Waals surface area contributed by atoms with E-state index >= 15 is 0 Å². The van der Waals surface area contributed by atoms with Crippen LogP contribution in [0.5, 0.6) is 5.88 Å². The van der Waals surface area contributed by atoms with Gasteiger partial charge in [-0.15, -0.1) is 0 Å². The lowest BCUT2D eigenvalue weighted by Gasteiger charge is -2.35. The summed E-state index contributed by atoms with van der Waals surface area (Å²) in [5.74, 6) is 1.65. The van der Waals surface area contributed by atoms with Crippen molar-refractivity contribution in [2.45, 2.75) is 44.7 Å². The zero-order valence-corrected chi connectivity index (χ0v) is 12.3. The normalized spacial score (nSPS) is 23.2. The van der Waals surface area contributed by atoms with Crippen molar-refractivity contribution >= 4 is 5.82 Å². The van der Waals surface area contributed by atoms with Crippen molar-refractivity contribution in [1.29, 1.82) is 0 Å². The fourth-order valence-corrected chi connectivity index (χ4v) is 2.91. The predicted octanol–water partition coefficient (Wildman–Crippen LogP) is 1.76. The first-order valence-corrected chi connectivity index (χ1v) is 6.93. The first-order valence-electron chi connectivity index (χ1n) is 6.93. The summed E-state index contributed by atoms with van der Waals surface area (Å²) in [5, 5.41) is 3.37. The molecule has 1 aliphatic carbocycles. The molecule has 0 aromatic carbocycles. The highest BCUT2D eigenvalue weighted by molar-refractivity contribution is 5.50. The van der Waals surface area contributed by atoms with Crippen LogP contribution >= 0.6 is 0 Å². The van der Waals surface area contributed by atoms with Crippen molar-refractivity contribution in [3.05, 3.63) is 11.9 Å². The summed E-state index contributed by atoms with van der Waals surface area (Å²) < 4.78 is 5.27. The van der Waals surface area contributed by atoms with E-state index in [0.29, 0.717) is 18.0 Å². The van der Waals surface area contributed by atoms with Crippen LogP contribution in [0.2, 0.25) is 0 Å². The molecule has 1 aromatic rings. The van der Waals surface area contributed by atoms with Gasteiger partial charge in [-0.2, -0.15) is 0 Å². The van der Waals surface area contributed by atoms with Gasteiger partial charge in [0, 0.05) is 19.1 Å². The maximum absolute atomic E-state index is 5.27. The van der Waals surface area contributed by atoms with Gasteiger partial charge in [-0.3, -0.25) is 0 Å². The molecule has 19 heavy (non-hydrogen) atoms. The monoisotopic (exact) mass is 264 g/mol. The van der Waals surface area contributed by atoms with Crippen LogP contribution in [0.1, 0.15) is 31.2 Å². The Morgan fingerprint density at radius 3 is 2.53 bits per heavy atom. The molecule has 1 N–H and O–H groups in total. The van der Waals surface area contributed by atoms with Crippen molar-refractivity contribution in [2.75, 3.05) is 26.1 Å². The van der Waals surface area contributed by atoms with Crippen LogP contribution in [-0.4, -0.2) is 43.3 Å². The van der Waals surface area contributed by atoms with E-state index in [1.165, 1.54) is 25.7 Å². The van der Waals surface area contributed by atoms with Crippen molar-refractivity contribution in [1.82, 2.24) is 15.3 Å². The van der Waals surface area contributed by atoms with Crippen molar-refractivity contribution < 1.29 is 4.74 Å². The van der Waals surface area contributed by atoms with Gasteiger partial charge in [0.05, 0.1) is 12.7 Å². The molecule has 0 bridgehead atoms. The second kappa shape index (κ2) is 6.19. The van der Waals surface area contributed by atoms with E-state index in [1.54, 1.807) is 13.4 Å². The van der Waals surface area contributed by atoms with E-state index in [2.05, 4.69) is 27.2 Å². The molecule has 0 atom stereocenters. The van der Waals surface area contributed by atoms with E-state index < -0.39 is 0 Å². The van der Waals surface area contributed by atoms with Gasteiger partial charge >= 0.3 is 0 Å². The smallest absolute Gasteiger partial charge is 0.221 e. The standard InChI is InChI=1S/C14H24N4O/c1-10-13(16-9-17-14(10)19-4)18(3)12-7-5-11(15-2)6-8-12/h9,11-12,15H,5-8H2,1-4H3. The molecule has 1 fully saturated rings. The summed E-state index contributed by atoms with van der Waals surface area (Å²) in [6, 6.07) is 1.23. The average Bonchev–Trinajstić information content (AvgIpc) is 2.47. The third-order valence-corrected chi connectivity index (χ3v) is 4.19. The molecule has 5 nitrogen and oxygen atoms in total. The first-order chi connectivity index (χ1) is 9.17. The topological polar surface area (TPSA) is 50.3 Å². The Hall–Kier alpha value is -1.36. The van der Waals surface area contributed by atoms with Crippen LogP contribution in [-0.2, 0) is 0 Å². The SMILES string of the molecule is CNC1CCC(N(C)c2ncnc(OC)c2C)CC1. The molecule has 106 valence electrons. The van der Waals surface area contributed by atoms with Gasteiger partial charge in [0.2, 0.25) is 5.88 Å². The van der Waals surface area contributed by atoms with Crippen LogP contribution in [0.3, 0.4) is 0 Å². The highest BCUT2D eigenvalue weighted by Crippen LogP contribution is 2.29. The van der Waals surface area contributed by atoms with Gasteiger partial charge in [0.25, 0.3) is 0 Å². The van der Waals surface area contributed by atoms with Gasteiger partial charge in [-0.05, 0) is 39.7 Å². The average molecular weight is 264 g/mol. The molecule has 1 saturated carbocycles. The molecular formula is C14H24N4O. The van der Waals surface area contributed by atoms with E-state index in [0.717, 1.165) is 11.4 Å².